The van der Waals surface area contributed by atoms with Crippen LogP contribution in [0.5, 0.6) is 0 Å². The van der Waals surface area contributed by atoms with Gasteiger partial charge in [-0.1, -0.05) is 13.8 Å². The number of halogens is 1. The smallest absolute Gasteiger partial charge is 0.331 e. The third kappa shape index (κ3) is 5.02. The first-order valence-corrected chi connectivity index (χ1v) is 8.11. The Labute approximate surface area is 138 Å². The summed E-state index contributed by atoms with van der Waals surface area (Å²) in [6.07, 6.45) is 3.88. The van der Waals surface area contributed by atoms with E-state index in [4.69, 9.17) is 9.15 Å². The molecule has 22 heavy (non-hydrogen) atoms. The number of carbonyl (C=O) groups excluding carboxylic acids is 2. The number of nitrogens with zero attached hydrogens (tertiary/aromatic N) is 1. The van der Waals surface area contributed by atoms with Gasteiger partial charge in [-0.15, -0.1) is 0 Å². The molecule has 1 aliphatic heterocycles. The van der Waals surface area contributed by atoms with Crippen LogP contribution in [0.25, 0.3) is 6.08 Å². The number of piperidine rings is 1. The molecule has 1 aromatic heterocycles. The van der Waals surface area contributed by atoms with Gasteiger partial charge < -0.3 is 14.1 Å². The number of rotatable bonds is 4. The largest absolute Gasteiger partial charge is 0.452 e. The summed E-state index contributed by atoms with van der Waals surface area (Å²) in [5, 5.41) is 0. The summed E-state index contributed by atoms with van der Waals surface area (Å²) >= 11 is 3.18. The summed E-state index contributed by atoms with van der Waals surface area (Å²) in [6, 6.07) is 3.45. The topological polar surface area (TPSA) is 59.8 Å². The van der Waals surface area contributed by atoms with Crippen molar-refractivity contribution in [3.05, 3.63) is 28.6 Å². The zero-order chi connectivity index (χ0) is 16.1. The molecule has 0 bridgehead atoms. The van der Waals surface area contributed by atoms with Crippen molar-refractivity contribution in [2.75, 3.05) is 19.7 Å². The highest BCUT2D eigenvalue weighted by Gasteiger charge is 2.25. The number of hydrogen-bond acceptors (Lipinski definition) is 4. The van der Waals surface area contributed by atoms with Crippen LogP contribution in [-0.4, -0.2) is 36.5 Å². The summed E-state index contributed by atoms with van der Waals surface area (Å²) in [7, 11) is 0. The fourth-order valence-electron chi connectivity index (χ4n) is 2.71. The van der Waals surface area contributed by atoms with E-state index < -0.39 is 5.97 Å². The minimum absolute atomic E-state index is 0.138. The number of furan rings is 1. The van der Waals surface area contributed by atoms with E-state index >= 15 is 0 Å². The Hall–Kier alpha value is -1.56. The van der Waals surface area contributed by atoms with Gasteiger partial charge in [-0.25, -0.2) is 4.79 Å². The third-order valence-corrected chi connectivity index (χ3v) is 3.96. The molecule has 1 amide bonds. The summed E-state index contributed by atoms with van der Waals surface area (Å²) in [6.45, 7) is 5.51. The maximum absolute atomic E-state index is 12.1. The molecule has 0 radical (unpaired) electrons. The van der Waals surface area contributed by atoms with Crippen LogP contribution < -0.4 is 0 Å². The van der Waals surface area contributed by atoms with Gasteiger partial charge in [-0.3, -0.25) is 4.79 Å². The molecule has 0 unspecified atom stereocenters. The van der Waals surface area contributed by atoms with E-state index in [1.165, 1.54) is 12.2 Å². The summed E-state index contributed by atoms with van der Waals surface area (Å²) in [4.78, 5) is 25.5. The first-order chi connectivity index (χ1) is 10.4. The number of hydrogen-bond donors (Lipinski definition) is 0. The molecule has 120 valence electrons. The molecular weight excluding hydrogens is 350 g/mol. The Balaban J connectivity index is 1.78. The van der Waals surface area contributed by atoms with Gasteiger partial charge in [0.25, 0.3) is 5.91 Å². The molecule has 1 saturated heterocycles. The fraction of sp³-hybridized carbons (Fsp3) is 0.500. The van der Waals surface area contributed by atoms with Crippen molar-refractivity contribution < 1.29 is 18.7 Å². The van der Waals surface area contributed by atoms with Gasteiger partial charge in [0.2, 0.25) is 0 Å². The minimum Gasteiger partial charge on any atom is -0.452 e. The molecule has 1 aliphatic rings. The quantitative estimate of drug-likeness (QED) is 0.604. The van der Waals surface area contributed by atoms with Gasteiger partial charge in [0.1, 0.15) is 5.76 Å². The standard InChI is InChI=1S/C16H20BrNO4/c1-11-7-12(2)9-18(8-11)15(19)10-21-16(20)6-4-13-3-5-14(17)22-13/h3-6,11-12H,7-10H2,1-2H3/b6-4+/t11-,12-/m0/s1. The van der Waals surface area contributed by atoms with Crippen molar-refractivity contribution in [2.24, 2.45) is 11.8 Å². The Kier molecular flexibility index (Phi) is 5.83. The van der Waals surface area contributed by atoms with Gasteiger partial charge >= 0.3 is 5.97 Å². The molecule has 0 aliphatic carbocycles. The predicted molar refractivity (Wildman–Crippen MR) is 85.9 cm³/mol. The lowest BCUT2D eigenvalue weighted by molar-refractivity contribution is -0.149. The predicted octanol–water partition coefficient (Wildman–Crippen LogP) is 3.10. The average Bonchev–Trinajstić information content (AvgIpc) is 2.87. The van der Waals surface area contributed by atoms with Crippen LogP contribution in [0.4, 0.5) is 0 Å². The highest BCUT2D eigenvalue weighted by molar-refractivity contribution is 9.10. The molecule has 0 aromatic carbocycles. The number of amides is 1. The van der Waals surface area contributed by atoms with E-state index in [0.717, 1.165) is 19.5 Å². The molecule has 6 heteroatoms. The van der Waals surface area contributed by atoms with Crippen molar-refractivity contribution in [2.45, 2.75) is 20.3 Å². The monoisotopic (exact) mass is 369 g/mol. The highest BCUT2D eigenvalue weighted by atomic mass is 79.9. The van der Waals surface area contributed by atoms with Crippen LogP contribution >= 0.6 is 15.9 Å². The first kappa shape index (κ1) is 16.8. The molecule has 2 heterocycles. The van der Waals surface area contributed by atoms with Crippen LogP contribution in [-0.2, 0) is 14.3 Å². The number of carbonyl (C=O) groups is 2. The van der Waals surface area contributed by atoms with Crippen LogP contribution in [0.15, 0.2) is 27.3 Å². The van der Waals surface area contributed by atoms with E-state index in [9.17, 15) is 9.59 Å². The fourth-order valence-corrected chi connectivity index (χ4v) is 3.03. The Morgan fingerprint density at radius 3 is 2.64 bits per heavy atom. The summed E-state index contributed by atoms with van der Waals surface area (Å²) in [5.74, 6) is 0.815. The molecule has 2 rings (SSSR count). The van der Waals surface area contributed by atoms with Crippen LogP contribution in [0.3, 0.4) is 0 Å². The van der Waals surface area contributed by atoms with Gasteiger partial charge in [-0.2, -0.15) is 0 Å². The van der Waals surface area contributed by atoms with E-state index in [1.807, 2.05) is 0 Å². The lowest BCUT2D eigenvalue weighted by Gasteiger charge is -2.34. The maximum atomic E-state index is 12.1. The van der Waals surface area contributed by atoms with Crippen molar-refractivity contribution >= 4 is 33.9 Å². The first-order valence-electron chi connectivity index (χ1n) is 7.32. The summed E-state index contributed by atoms with van der Waals surface area (Å²) in [5.41, 5.74) is 0. The molecule has 0 spiro atoms. The molecule has 0 N–H and O–H groups in total. The van der Waals surface area contributed by atoms with Crippen LogP contribution in [0.1, 0.15) is 26.0 Å². The number of esters is 1. The van der Waals surface area contributed by atoms with E-state index in [-0.39, 0.29) is 12.5 Å². The zero-order valence-electron chi connectivity index (χ0n) is 12.8. The third-order valence-electron chi connectivity index (χ3n) is 3.54. The lowest BCUT2D eigenvalue weighted by atomic mass is 9.92. The van der Waals surface area contributed by atoms with Crippen molar-refractivity contribution in [1.82, 2.24) is 4.90 Å². The highest BCUT2D eigenvalue weighted by Crippen LogP contribution is 2.21. The second kappa shape index (κ2) is 7.63. The molecule has 1 fully saturated rings. The normalized spacial score (nSPS) is 22.0. The van der Waals surface area contributed by atoms with Gasteiger partial charge in [0.05, 0.1) is 0 Å². The van der Waals surface area contributed by atoms with Crippen LogP contribution in [0.2, 0.25) is 0 Å². The Morgan fingerprint density at radius 1 is 1.36 bits per heavy atom. The number of likely N-dealkylation sites (tertiary alicyclic amines) is 1. The van der Waals surface area contributed by atoms with Gasteiger partial charge in [0.15, 0.2) is 11.3 Å². The molecule has 5 nitrogen and oxygen atoms in total. The second-order valence-corrected chi connectivity index (χ2v) is 6.61. The van der Waals surface area contributed by atoms with Gasteiger partial charge in [0, 0.05) is 19.2 Å². The number of ether oxygens (including phenoxy) is 1. The molecule has 2 atom stereocenters. The van der Waals surface area contributed by atoms with Gasteiger partial charge in [-0.05, 0) is 52.4 Å². The van der Waals surface area contributed by atoms with E-state index in [0.29, 0.717) is 22.3 Å². The van der Waals surface area contributed by atoms with Crippen LogP contribution in [0, 0.1) is 11.8 Å². The lowest BCUT2D eigenvalue weighted by Crippen LogP contribution is -2.44. The zero-order valence-corrected chi connectivity index (χ0v) is 14.3. The van der Waals surface area contributed by atoms with E-state index in [2.05, 4.69) is 29.8 Å². The minimum atomic E-state index is -0.557. The van der Waals surface area contributed by atoms with E-state index in [1.54, 1.807) is 17.0 Å². The second-order valence-electron chi connectivity index (χ2n) is 5.83. The maximum Gasteiger partial charge on any atom is 0.331 e. The Morgan fingerprint density at radius 2 is 2.05 bits per heavy atom. The molecular formula is C16H20BrNO4. The van der Waals surface area contributed by atoms with Crippen molar-refractivity contribution in [3.8, 4) is 0 Å². The SMILES string of the molecule is C[C@H]1C[C@H](C)CN(C(=O)COC(=O)/C=C/c2ccc(Br)o2)C1. The molecule has 1 aromatic rings. The Bertz CT molecular complexity index is 556. The van der Waals surface area contributed by atoms with Crippen molar-refractivity contribution in [3.63, 3.8) is 0 Å². The average molecular weight is 370 g/mol. The molecule has 0 saturated carbocycles. The summed E-state index contributed by atoms with van der Waals surface area (Å²) < 4.78 is 10.8. The van der Waals surface area contributed by atoms with Crippen molar-refractivity contribution in [1.29, 1.82) is 0 Å².